The second-order valence-corrected chi connectivity index (χ2v) is 0.492. The van der Waals surface area contributed by atoms with Crippen molar-refractivity contribution in [2.45, 2.75) is 6.92 Å². The van der Waals surface area contributed by atoms with E-state index < -0.39 is 5.97 Å². The molecule has 0 aliphatic carbocycles. The third kappa shape index (κ3) is 52.0. The number of carboxylic acid groups (broad SMARTS) is 1. The highest BCUT2D eigenvalue weighted by Crippen LogP contribution is 1.31. The zero-order valence-corrected chi connectivity index (χ0v) is 3.39. The van der Waals surface area contributed by atoms with Gasteiger partial charge >= 0.3 is 0 Å². The molecule has 0 aliphatic rings. The fourth-order valence-corrected chi connectivity index (χ4v) is 0. The van der Waals surface area contributed by atoms with E-state index in [4.69, 9.17) is 15.1 Å². The standard InChI is InChI=1S/C2H4O2.H3NO/c1-2(3)4;1-2/h1H3,(H,3,4);2H,1H2. The van der Waals surface area contributed by atoms with E-state index in [0.29, 0.717) is 0 Å². The first-order chi connectivity index (χ1) is 2.73. The summed E-state index contributed by atoms with van der Waals surface area (Å²) in [5, 5.41) is 14.1. The number of rotatable bonds is 0. The molecule has 0 rings (SSSR count). The molecule has 0 aliphatic heterocycles. The quantitative estimate of drug-likeness (QED) is 0.262. The van der Waals surface area contributed by atoms with Crippen LogP contribution < -0.4 is 11.0 Å². The third-order valence-corrected chi connectivity index (χ3v) is 0. The van der Waals surface area contributed by atoms with Gasteiger partial charge in [-0.15, -0.1) is 5.90 Å². The van der Waals surface area contributed by atoms with Crippen LogP contribution in [0.15, 0.2) is 0 Å². The predicted octanol–water partition coefficient (Wildman–Crippen LogP) is -2.66. The van der Waals surface area contributed by atoms with Crippen LogP contribution in [0, 0.1) is 0 Å². The van der Waals surface area contributed by atoms with E-state index >= 15 is 0 Å². The molecule has 0 saturated carbocycles. The van der Waals surface area contributed by atoms with Gasteiger partial charge in [0.2, 0.25) is 0 Å². The van der Waals surface area contributed by atoms with Crippen molar-refractivity contribution in [3.63, 3.8) is 0 Å². The molecule has 0 spiro atoms. The summed E-state index contributed by atoms with van der Waals surface area (Å²) in [4.78, 5) is 8.89. The first-order valence-electron chi connectivity index (χ1n) is 1.20. The Balaban J connectivity index is 0. The number of carbonyl (C=O) groups excluding carboxylic acids is 1. The Hall–Kier alpha value is -0.610. The van der Waals surface area contributed by atoms with Gasteiger partial charge in [-0.25, -0.2) is 0 Å². The topological polar surface area (TPSA) is 89.0 Å². The number of aliphatic carboxylic acids is 1. The van der Waals surface area contributed by atoms with Crippen molar-refractivity contribution < 1.29 is 15.1 Å². The monoisotopic (exact) mass is 93.0 g/mol. The van der Waals surface area contributed by atoms with Crippen LogP contribution in [-0.2, 0) is 4.79 Å². The SMILES string of the molecule is CC(=O)[O-].N[OH2+]. The molecule has 0 atom stereocenters. The minimum absolute atomic E-state index is 0.972. The molecule has 0 fully saturated rings. The van der Waals surface area contributed by atoms with Crippen LogP contribution in [0.25, 0.3) is 0 Å². The van der Waals surface area contributed by atoms with Gasteiger partial charge in [-0.05, 0) is 6.92 Å². The Morgan fingerprint density at radius 1 is 1.83 bits per heavy atom. The van der Waals surface area contributed by atoms with Crippen molar-refractivity contribution in [1.29, 1.82) is 0 Å². The van der Waals surface area contributed by atoms with Gasteiger partial charge in [-0.2, -0.15) is 0 Å². The molecule has 0 amide bonds. The highest BCUT2D eigenvalue weighted by molar-refractivity contribution is 5.60. The van der Waals surface area contributed by atoms with E-state index in [0.717, 1.165) is 6.92 Å². The lowest BCUT2D eigenvalue weighted by Crippen LogP contribution is -2.16. The molecule has 0 saturated heterocycles. The first kappa shape index (κ1) is 9.04. The van der Waals surface area contributed by atoms with Crippen LogP contribution in [0.5, 0.6) is 0 Å². The number of hydrogen-bond acceptors (Lipinski definition) is 3. The summed E-state index contributed by atoms with van der Waals surface area (Å²) in [6.07, 6.45) is 0. The average molecular weight is 93.1 g/mol. The molecule has 0 unspecified atom stereocenters. The summed E-state index contributed by atoms with van der Waals surface area (Å²) in [5.41, 5.74) is 0. The zero-order chi connectivity index (χ0) is 5.58. The van der Waals surface area contributed by atoms with Gasteiger partial charge in [0.25, 0.3) is 0 Å². The Labute approximate surface area is 35.2 Å². The van der Waals surface area contributed by atoms with E-state index in [1.807, 2.05) is 0 Å². The van der Waals surface area contributed by atoms with Crippen LogP contribution >= 0.6 is 0 Å². The maximum atomic E-state index is 8.89. The normalized spacial score (nSPS) is 5.17. The van der Waals surface area contributed by atoms with Crippen molar-refractivity contribution in [2.24, 2.45) is 5.90 Å². The summed E-state index contributed by atoms with van der Waals surface area (Å²) in [7, 11) is 0. The molecule has 6 heavy (non-hydrogen) atoms. The lowest BCUT2D eigenvalue weighted by Gasteiger charge is -1.77. The van der Waals surface area contributed by atoms with Crippen LogP contribution in [-0.4, -0.2) is 11.2 Å². The molecular weight excluding hydrogens is 86.0 g/mol. The molecule has 4 heteroatoms. The summed E-state index contributed by atoms with van der Waals surface area (Å²) in [6, 6.07) is 0. The number of nitrogens with two attached hydrogens (primary N) is 1. The van der Waals surface area contributed by atoms with Gasteiger partial charge in [0, 0.05) is 5.97 Å². The second kappa shape index (κ2) is 8.83. The van der Waals surface area contributed by atoms with Crippen molar-refractivity contribution in [3.05, 3.63) is 0 Å². The van der Waals surface area contributed by atoms with Crippen molar-refractivity contribution in [3.8, 4) is 0 Å². The van der Waals surface area contributed by atoms with Gasteiger partial charge in [0.05, 0.1) is 0 Å². The molecule has 0 aromatic rings. The largest absolute Gasteiger partial charge is 0.550 e. The van der Waals surface area contributed by atoms with Gasteiger partial charge < -0.3 is 15.1 Å². The third-order valence-electron chi connectivity index (χ3n) is 0. The molecule has 0 heterocycles. The number of carboxylic acids is 1. The smallest absolute Gasteiger partial charge is 0.0383 e. The number of hydrogen-bond donors (Lipinski definition) is 1. The first-order valence-corrected chi connectivity index (χ1v) is 1.20. The fraction of sp³-hybridized carbons (Fsp3) is 0.500. The molecule has 0 aromatic carbocycles. The van der Waals surface area contributed by atoms with E-state index in [1.54, 1.807) is 0 Å². The Kier molecular flexibility index (Phi) is 13.3. The van der Waals surface area contributed by atoms with E-state index in [1.165, 1.54) is 0 Å². The molecule has 4 N–H and O–H groups in total. The van der Waals surface area contributed by atoms with Crippen LogP contribution in [0.4, 0.5) is 0 Å². The maximum absolute atomic E-state index is 8.89. The van der Waals surface area contributed by atoms with E-state index in [-0.39, 0.29) is 0 Å². The minimum atomic E-state index is -1.08. The lowest BCUT2D eigenvalue weighted by atomic mass is 10.9. The average Bonchev–Trinajstić information content (AvgIpc) is 1.41. The van der Waals surface area contributed by atoms with Crippen LogP contribution in [0.1, 0.15) is 6.92 Å². The summed E-state index contributed by atoms with van der Waals surface area (Å²) < 4.78 is 0. The van der Waals surface area contributed by atoms with Gasteiger partial charge in [-0.1, -0.05) is 0 Å². The van der Waals surface area contributed by atoms with Gasteiger partial charge in [0.15, 0.2) is 0 Å². The van der Waals surface area contributed by atoms with E-state index in [9.17, 15) is 0 Å². The highest BCUT2D eigenvalue weighted by Gasteiger charge is 1.46. The van der Waals surface area contributed by atoms with Crippen molar-refractivity contribution >= 4 is 5.97 Å². The summed E-state index contributed by atoms with van der Waals surface area (Å²) in [6.45, 7) is 0.972. The predicted molar refractivity (Wildman–Crippen MR) is 18.5 cm³/mol. The zero-order valence-electron chi connectivity index (χ0n) is 3.39. The Bertz CT molecular complexity index is 31.8. The fourth-order valence-electron chi connectivity index (χ4n) is 0. The minimum Gasteiger partial charge on any atom is -0.550 e. The molecule has 38 valence electrons. The second-order valence-electron chi connectivity index (χ2n) is 0.492. The van der Waals surface area contributed by atoms with Gasteiger partial charge in [-0.3, -0.25) is 0 Å². The highest BCUT2D eigenvalue weighted by atomic mass is 16.4. The summed E-state index contributed by atoms with van der Waals surface area (Å²) >= 11 is 0. The molecule has 0 radical (unpaired) electrons. The van der Waals surface area contributed by atoms with Crippen molar-refractivity contribution in [2.75, 3.05) is 0 Å². The number of carbonyl (C=O) groups is 1. The molecule has 4 nitrogen and oxygen atoms in total. The van der Waals surface area contributed by atoms with Crippen LogP contribution in [0.2, 0.25) is 0 Å². The van der Waals surface area contributed by atoms with Gasteiger partial charge in [0.1, 0.15) is 0 Å². The molecule has 0 bridgehead atoms. The Morgan fingerprint density at radius 3 is 1.83 bits per heavy atom. The lowest BCUT2D eigenvalue weighted by molar-refractivity contribution is -0.302. The maximum Gasteiger partial charge on any atom is 0.0383 e. The Morgan fingerprint density at radius 2 is 1.83 bits per heavy atom. The summed E-state index contributed by atoms with van der Waals surface area (Å²) in [5.74, 6) is 2.67. The van der Waals surface area contributed by atoms with Crippen LogP contribution in [0.3, 0.4) is 0 Å². The van der Waals surface area contributed by atoms with E-state index in [2.05, 4.69) is 5.90 Å². The molecule has 0 aromatic heterocycles. The molecular formula is C2H7NO3. The van der Waals surface area contributed by atoms with Crippen molar-refractivity contribution in [1.82, 2.24) is 0 Å².